The van der Waals surface area contributed by atoms with Gasteiger partial charge >= 0.3 is 0 Å². The number of halogens is 2. The van der Waals surface area contributed by atoms with E-state index in [-0.39, 0.29) is 34.4 Å². The van der Waals surface area contributed by atoms with Crippen LogP contribution < -0.4 is 15.6 Å². The Morgan fingerprint density at radius 2 is 1.87 bits per heavy atom. The molecule has 0 amide bonds. The summed E-state index contributed by atoms with van der Waals surface area (Å²) < 4.78 is 47.5. The molecule has 1 fully saturated rings. The van der Waals surface area contributed by atoms with Crippen molar-refractivity contribution in [3.05, 3.63) is 84.1 Å². The summed E-state index contributed by atoms with van der Waals surface area (Å²) in [6.45, 7) is 5.32. The van der Waals surface area contributed by atoms with Crippen LogP contribution in [0.5, 0.6) is 5.75 Å². The number of hydrogen-bond donors (Lipinski definition) is 2. The second-order valence-electron chi connectivity index (χ2n) is 10.0. The lowest BCUT2D eigenvalue weighted by molar-refractivity contribution is 0.0125. The van der Waals surface area contributed by atoms with Gasteiger partial charge in [0, 0.05) is 32.7 Å². The van der Waals surface area contributed by atoms with Gasteiger partial charge < -0.3 is 19.7 Å². The van der Waals surface area contributed by atoms with E-state index in [2.05, 4.69) is 5.32 Å². The van der Waals surface area contributed by atoms with Crippen LogP contribution in [0.4, 0.5) is 10.1 Å². The number of aromatic nitrogens is 1. The highest BCUT2D eigenvalue weighted by atomic mass is 127. The minimum atomic E-state index is -3.29. The van der Waals surface area contributed by atoms with Crippen molar-refractivity contribution in [3.8, 4) is 16.9 Å². The average molecular weight is 651 g/mol. The number of pyridine rings is 1. The van der Waals surface area contributed by atoms with Crippen LogP contribution in [-0.4, -0.2) is 30.6 Å². The first-order valence-electron chi connectivity index (χ1n) is 12.2. The number of benzene rings is 2. The Hall–Kier alpha value is -2.70. The van der Waals surface area contributed by atoms with Crippen molar-refractivity contribution in [2.75, 3.05) is 11.6 Å². The number of fused-ring (bicyclic) bond motifs is 1. The number of ether oxygens (including phenoxy) is 1. The van der Waals surface area contributed by atoms with Crippen molar-refractivity contribution in [1.82, 2.24) is 4.57 Å². The number of sulfone groups is 1. The van der Waals surface area contributed by atoms with E-state index < -0.39 is 21.9 Å². The molecule has 1 aliphatic heterocycles. The van der Waals surface area contributed by atoms with Gasteiger partial charge in [0.1, 0.15) is 17.1 Å². The number of aliphatic hydroxyl groups is 1. The Labute approximate surface area is 234 Å². The Morgan fingerprint density at radius 3 is 2.50 bits per heavy atom. The van der Waals surface area contributed by atoms with Crippen LogP contribution in [0.15, 0.2) is 46.8 Å². The van der Waals surface area contributed by atoms with E-state index in [0.29, 0.717) is 33.7 Å². The van der Waals surface area contributed by atoms with E-state index in [1.54, 1.807) is 35.8 Å². The van der Waals surface area contributed by atoms with Gasteiger partial charge in [-0.15, -0.1) is 0 Å². The molecule has 0 radical (unpaired) electrons. The molecule has 2 N–H and O–H groups in total. The molecule has 1 aliphatic carbocycles. The smallest absolute Gasteiger partial charge is 0.264 e. The van der Waals surface area contributed by atoms with E-state index in [9.17, 15) is 22.7 Å². The minimum absolute atomic E-state index is 0.0227. The molecule has 0 bridgehead atoms. The molecule has 1 saturated carbocycles. The molecule has 2 aromatic carbocycles. The molecule has 1 unspecified atom stereocenters. The van der Waals surface area contributed by atoms with E-state index in [1.807, 2.05) is 42.5 Å². The van der Waals surface area contributed by atoms with Gasteiger partial charge in [-0.2, -0.15) is 0 Å². The molecule has 7 nitrogen and oxygen atoms in total. The van der Waals surface area contributed by atoms with E-state index >= 15 is 0 Å². The Kier molecular flexibility index (Phi) is 6.93. The molecule has 1 atom stereocenters. The highest BCUT2D eigenvalue weighted by Crippen LogP contribution is 2.46. The summed E-state index contributed by atoms with van der Waals surface area (Å²) in [5.74, 6) is -0.424. The van der Waals surface area contributed by atoms with Crippen molar-refractivity contribution in [1.29, 1.82) is 0 Å². The zero-order valence-corrected chi connectivity index (χ0v) is 24.4. The summed E-state index contributed by atoms with van der Waals surface area (Å²) in [4.78, 5) is 14.0. The van der Waals surface area contributed by atoms with Gasteiger partial charge in [-0.3, -0.25) is 4.79 Å². The average Bonchev–Trinajstić information content (AvgIpc) is 3.65. The molecule has 3 aromatic rings. The van der Waals surface area contributed by atoms with Crippen LogP contribution >= 0.6 is 22.6 Å². The predicted octanol–water partition coefficient (Wildman–Crippen LogP) is 5.31. The number of nitrogens with zero attached hydrogens (tertiary/aromatic N) is 1. The molecule has 2 aliphatic rings. The van der Waals surface area contributed by atoms with Gasteiger partial charge in [-0.25, -0.2) is 12.8 Å². The topological polar surface area (TPSA) is 97.6 Å². The van der Waals surface area contributed by atoms with Gasteiger partial charge in [-0.05, 0) is 91.1 Å². The third kappa shape index (κ3) is 4.89. The summed E-state index contributed by atoms with van der Waals surface area (Å²) in [7, 11) is -3.29. The molecule has 1 aromatic heterocycles. The van der Waals surface area contributed by atoms with E-state index in [1.165, 1.54) is 12.3 Å². The maximum atomic E-state index is 14.8. The fourth-order valence-electron chi connectivity index (χ4n) is 5.01. The maximum Gasteiger partial charge on any atom is 0.264 e. The number of anilines is 1. The molecule has 10 heteroatoms. The zero-order valence-electron chi connectivity index (χ0n) is 21.4. The van der Waals surface area contributed by atoms with Crippen LogP contribution in [0, 0.1) is 23.2 Å². The van der Waals surface area contributed by atoms with Crippen molar-refractivity contribution in [2.45, 2.75) is 51.7 Å². The lowest BCUT2D eigenvalue weighted by atomic mass is 9.91. The standard InChI is InChI=1S/C28H28FIN2O5S/c1-14-17(13-38(4,35)36)6-5-7-20(14)23-16(3)32(19-9-10-19)27(33)24-25(15(2)28(34)37-26(23)24)31-22-11-8-18(30)12-21(22)29/h5-8,11-12,19,28,31,34H,9-10,13H2,1-4H3. The molecule has 0 saturated heterocycles. The van der Waals surface area contributed by atoms with Crippen molar-refractivity contribution >= 4 is 43.8 Å². The van der Waals surface area contributed by atoms with E-state index in [4.69, 9.17) is 4.74 Å². The highest BCUT2D eigenvalue weighted by Gasteiger charge is 2.37. The highest BCUT2D eigenvalue weighted by molar-refractivity contribution is 14.1. The fraction of sp³-hybridized carbons (Fsp3) is 0.321. The second kappa shape index (κ2) is 9.80. The number of rotatable bonds is 6. The van der Waals surface area contributed by atoms with Crippen molar-refractivity contribution in [2.24, 2.45) is 0 Å². The number of nitrogens with one attached hydrogen (secondary N) is 1. The van der Waals surface area contributed by atoms with Crippen LogP contribution in [0.2, 0.25) is 0 Å². The van der Waals surface area contributed by atoms with Gasteiger partial charge in [0.25, 0.3) is 5.56 Å². The Balaban J connectivity index is 1.79. The maximum absolute atomic E-state index is 14.8. The van der Waals surface area contributed by atoms with Crippen LogP contribution in [-0.2, 0) is 15.6 Å². The molecule has 5 rings (SSSR count). The van der Waals surface area contributed by atoms with E-state index in [0.717, 1.165) is 22.0 Å². The normalized spacial score (nSPS) is 17.3. The largest absolute Gasteiger partial charge is 0.459 e. The molecule has 0 spiro atoms. The third-order valence-corrected chi connectivity index (χ3v) is 8.60. The zero-order chi connectivity index (χ0) is 27.5. The summed E-state index contributed by atoms with van der Waals surface area (Å²) >= 11 is 2.02. The lowest BCUT2D eigenvalue weighted by Crippen LogP contribution is -2.34. The fourth-order valence-corrected chi connectivity index (χ4v) is 6.34. The first kappa shape index (κ1) is 26.9. The van der Waals surface area contributed by atoms with Crippen molar-refractivity contribution < 1.29 is 22.7 Å². The molecular weight excluding hydrogens is 622 g/mol. The quantitative estimate of drug-likeness (QED) is 0.352. The summed E-state index contributed by atoms with van der Waals surface area (Å²) in [6, 6.07) is 10.2. The van der Waals surface area contributed by atoms with Crippen LogP contribution in [0.1, 0.15) is 48.2 Å². The van der Waals surface area contributed by atoms with Gasteiger partial charge in [0.15, 0.2) is 9.84 Å². The van der Waals surface area contributed by atoms with Crippen LogP contribution in [0.3, 0.4) is 0 Å². The summed E-state index contributed by atoms with van der Waals surface area (Å²) in [5, 5.41) is 14.0. The van der Waals surface area contributed by atoms with Gasteiger partial charge in [-0.1, -0.05) is 18.2 Å². The Morgan fingerprint density at radius 1 is 1.16 bits per heavy atom. The molecule has 2 heterocycles. The molecule has 38 heavy (non-hydrogen) atoms. The first-order valence-corrected chi connectivity index (χ1v) is 15.3. The minimum Gasteiger partial charge on any atom is -0.459 e. The van der Waals surface area contributed by atoms with Gasteiger partial charge in [0.2, 0.25) is 6.29 Å². The van der Waals surface area contributed by atoms with Crippen LogP contribution in [0.25, 0.3) is 16.8 Å². The first-order chi connectivity index (χ1) is 17.9. The summed E-state index contributed by atoms with van der Waals surface area (Å²) in [6.07, 6.45) is 1.53. The van der Waals surface area contributed by atoms with Crippen molar-refractivity contribution in [3.63, 3.8) is 0 Å². The SMILES string of the molecule is CC1=C(Nc2ccc(I)cc2F)c2c(c(-c3cccc(CS(C)(=O)=O)c3C)c(C)n(C3CC3)c2=O)OC1O. The summed E-state index contributed by atoms with van der Waals surface area (Å²) in [5.41, 5.74) is 4.12. The predicted molar refractivity (Wildman–Crippen MR) is 154 cm³/mol. The molecular formula is C28H28FIN2O5S. The lowest BCUT2D eigenvalue weighted by Gasteiger charge is -2.31. The monoisotopic (exact) mass is 650 g/mol. The van der Waals surface area contributed by atoms with Gasteiger partial charge in [0.05, 0.1) is 17.1 Å². The number of aliphatic hydroxyl groups excluding tert-OH is 1. The number of hydrogen-bond acceptors (Lipinski definition) is 6. The molecule has 200 valence electrons. The third-order valence-electron chi connectivity index (χ3n) is 7.09. The Bertz CT molecular complexity index is 1680. The second-order valence-corrected chi connectivity index (χ2v) is 13.4.